The van der Waals surface area contributed by atoms with Crippen LogP contribution >= 0.6 is 11.6 Å². The molecule has 0 saturated heterocycles. The van der Waals surface area contributed by atoms with E-state index < -0.39 is 6.04 Å². The molecule has 4 nitrogen and oxygen atoms in total. The first kappa shape index (κ1) is 22.0. The average Bonchev–Trinajstić information content (AvgIpc) is 2.68. The smallest absolute Gasteiger partial charge is 0.243 e. The first-order chi connectivity index (χ1) is 13.4. The summed E-state index contributed by atoms with van der Waals surface area (Å²) in [6.07, 6.45) is 1.61. The van der Waals surface area contributed by atoms with Gasteiger partial charge in [-0.2, -0.15) is 0 Å². The highest BCUT2D eigenvalue weighted by Crippen LogP contribution is 2.17. The zero-order valence-corrected chi connectivity index (χ0v) is 17.6. The van der Waals surface area contributed by atoms with Crippen LogP contribution in [0.5, 0.6) is 0 Å². The SMILES string of the molecule is CC[C@H](C(=O)N[C@@H](C)CC)N(Cc1ccccc1)C(=O)Cc1cccc(Cl)c1. The maximum atomic E-state index is 13.2. The summed E-state index contributed by atoms with van der Waals surface area (Å²) >= 11 is 6.06. The Morgan fingerprint density at radius 1 is 1.00 bits per heavy atom. The second kappa shape index (κ2) is 10.9. The van der Waals surface area contributed by atoms with Crippen LogP contribution < -0.4 is 5.32 Å². The monoisotopic (exact) mass is 400 g/mol. The third-order valence-electron chi connectivity index (χ3n) is 4.83. The van der Waals surface area contributed by atoms with Gasteiger partial charge < -0.3 is 10.2 Å². The van der Waals surface area contributed by atoms with E-state index in [1.807, 2.05) is 63.2 Å². The minimum Gasteiger partial charge on any atom is -0.352 e. The lowest BCUT2D eigenvalue weighted by Gasteiger charge is -2.31. The molecule has 0 radical (unpaired) electrons. The van der Waals surface area contributed by atoms with Gasteiger partial charge in [0.1, 0.15) is 6.04 Å². The van der Waals surface area contributed by atoms with Crippen molar-refractivity contribution in [1.29, 1.82) is 0 Å². The molecule has 5 heteroatoms. The maximum absolute atomic E-state index is 13.2. The molecule has 0 spiro atoms. The van der Waals surface area contributed by atoms with Crippen molar-refractivity contribution in [2.75, 3.05) is 0 Å². The van der Waals surface area contributed by atoms with Crippen LogP contribution in [0, 0.1) is 0 Å². The third-order valence-corrected chi connectivity index (χ3v) is 5.06. The molecule has 0 aliphatic heterocycles. The third kappa shape index (κ3) is 6.38. The standard InChI is InChI=1S/C23H29ClN2O2/c1-4-17(3)25-23(28)21(5-2)26(16-18-10-7-6-8-11-18)22(27)15-19-12-9-13-20(24)14-19/h6-14,17,21H,4-5,15-16H2,1-3H3,(H,25,28)/t17-,21+/m0/s1. The van der Waals surface area contributed by atoms with Gasteiger partial charge >= 0.3 is 0 Å². The van der Waals surface area contributed by atoms with Gasteiger partial charge in [-0.1, -0.05) is 67.9 Å². The fourth-order valence-corrected chi connectivity index (χ4v) is 3.28. The van der Waals surface area contributed by atoms with Gasteiger partial charge in [0.15, 0.2) is 0 Å². The predicted molar refractivity (Wildman–Crippen MR) is 114 cm³/mol. The normalized spacial score (nSPS) is 12.9. The number of amides is 2. The highest BCUT2D eigenvalue weighted by molar-refractivity contribution is 6.30. The van der Waals surface area contributed by atoms with Gasteiger partial charge in [0, 0.05) is 17.6 Å². The molecule has 150 valence electrons. The summed E-state index contributed by atoms with van der Waals surface area (Å²) in [4.78, 5) is 27.7. The summed E-state index contributed by atoms with van der Waals surface area (Å²) in [5.74, 6) is -0.190. The van der Waals surface area contributed by atoms with Crippen molar-refractivity contribution in [1.82, 2.24) is 10.2 Å². The molecule has 0 aromatic heterocycles. The molecule has 0 aliphatic rings. The van der Waals surface area contributed by atoms with Crippen LogP contribution in [-0.4, -0.2) is 28.8 Å². The van der Waals surface area contributed by atoms with E-state index in [0.29, 0.717) is 18.0 Å². The van der Waals surface area contributed by atoms with Gasteiger partial charge in [-0.25, -0.2) is 0 Å². The molecule has 0 fully saturated rings. The lowest BCUT2D eigenvalue weighted by Crippen LogP contribution is -2.51. The van der Waals surface area contributed by atoms with E-state index in [9.17, 15) is 9.59 Å². The van der Waals surface area contributed by atoms with Crippen molar-refractivity contribution in [3.8, 4) is 0 Å². The molecular weight excluding hydrogens is 372 g/mol. The zero-order chi connectivity index (χ0) is 20.5. The Labute approximate surface area is 172 Å². The highest BCUT2D eigenvalue weighted by Gasteiger charge is 2.29. The molecule has 2 rings (SSSR count). The average molecular weight is 401 g/mol. The van der Waals surface area contributed by atoms with Crippen molar-refractivity contribution in [2.24, 2.45) is 0 Å². The number of benzene rings is 2. The van der Waals surface area contributed by atoms with E-state index in [1.165, 1.54) is 0 Å². The number of hydrogen-bond donors (Lipinski definition) is 1. The van der Waals surface area contributed by atoms with Gasteiger partial charge in [0.2, 0.25) is 11.8 Å². The van der Waals surface area contributed by atoms with Gasteiger partial charge in [-0.05, 0) is 43.0 Å². The van der Waals surface area contributed by atoms with Crippen molar-refractivity contribution in [2.45, 2.75) is 58.7 Å². The van der Waals surface area contributed by atoms with Crippen LogP contribution in [0.1, 0.15) is 44.7 Å². The van der Waals surface area contributed by atoms with E-state index >= 15 is 0 Å². The number of rotatable bonds is 9. The number of carbonyl (C=O) groups is 2. The Bertz CT molecular complexity index is 779. The van der Waals surface area contributed by atoms with Gasteiger partial charge in [-0.15, -0.1) is 0 Å². The van der Waals surface area contributed by atoms with E-state index in [1.54, 1.807) is 17.0 Å². The van der Waals surface area contributed by atoms with Crippen molar-refractivity contribution >= 4 is 23.4 Å². The summed E-state index contributed by atoms with van der Waals surface area (Å²) in [6.45, 7) is 6.33. The van der Waals surface area contributed by atoms with E-state index in [2.05, 4.69) is 5.32 Å². The Kier molecular flexibility index (Phi) is 8.52. The lowest BCUT2D eigenvalue weighted by atomic mass is 10.1. The summed E-state index contributed by atoms with van der Waals surface area (Å²) < 4.78 is 0. The molecule has 2 aromatic rings. The zero-order valence-electron chi connectivity index (χ0n) is 16.8. The summed E-state index contributed by atoms with van der Waals surface area (Å²) in [6, 6.07) is 16.6. The molecule has 0 bridgehead atoms. The van der Waals surface area contributed by atoms with Crippen molar-refractivity contribution in [3.05, 3.63) is 70.7 Å². The van der Waals surface area contributed by atoms with Gasteiger partial charge in [-0.3, -0.25) is 9.59 Å². The summed E-state index contributed by atoms with van der Waals surface area (Å²) in [5, 5.41) is 3.62. The molecule has 2 atom stereocenters. The van der Waals surface area contributed by atoms with Crippen LogP contribution in [0.2, 0.25) is 5.02 Å². The van der Waals surface area contributed by atoms with Crippen LogP contribution in [0.3, 0.4) is 0 Å². The molecule has 0 aliphatic carbocycles. The molecule has 0 unspecified atom stereocenters. The van der Waals surface area contributed by atoms with Crippen LogP contribution in [0.15, 0.2) is 54.6 Å². The van der Waals surface area contributed by atoms with E-state index in [0.717, 1.165) is 17.5 Å². The minimum atomic E-state index is -0.513. The topological polar surface area (TPSA) is 49.4 Å². The van der Waals surface area contributed by atoms with Crippen molar-refractivity contribution < 1.29 is 9.59 Å². The summed E-state index contributed by atoms with van der Waals surface area (Å²) in [7, 11) is 0. The number of halogens is 1. The predicted octanol–water partition coefficient (Wildman–Crippen LogP) is 4.60. The quantitative estimate of drug-likeness (QED) is 0.668. The second-order valence-corrected chi connectivity index (χ2v) is 7.49. The summed E-state index contributed by atoms with van der Waals surface area (Å²) in [5.41, 5.74) is 1.84. The second-order valence-electron chi connectivity index (χ2n) is 7.06. The molecule has 0 saturated carbocycles. The first-order valence-corrected chi connectivity index (χ1v) is 10.2. The van der Waals surface area contributed by atoms with Crippen molar-refractivity contribution in [3.63, 3.8) is 0 Å². The van der Waals surface area contributed by atoms with Crippen LogP contribution in [-0.2, 0) is 22.6 Å². The largest absolute Gasteiger partial charge is 0.352 e. The number of nitrogens with one attached hydrogen (secondary N) is 1. The van der Waals surface area contributed by atoms with Gasteiger partial charge in [0.25, 0.3) is 0 Å². The maximum Gasteiger partial charge on any atom is 0.243 e. The molecule has 1 N–H and O–H groups in total. The number of nitrogens with zero attached hydrogens (tertiary/aromatic N) is 1. The molecule has 28 heavy (non-hydrogen) atoms. The van der Waals surface area contributed by atoms with Crippen LogP contribution in [0.4, 0.5) is 0 Å². The fraction of sp³-hybridized carbons (Fsp3) is 0.391. The Hall–Kier alpha value is -2.33. The number of hydrogen-bond acceptors (Lipinski definition) is 2. The first-order valence-electron chi connectivity index (χ1n) is 9.82. The fourth-order valence-electron chi connectivity index (χ4n) is 3.06. The Morgan fingerprint density at radius 3 is 2.29 bits per heavy atom. The highest BCUT2D eigenvalue weighted by atomic mass is 35.5. The van der Waals surface area contributed by atoms with E-state index in [-0.39, 0.29) is 24.3 Å². The van der Waals surface area contributed by atoms with Crippen LogP contribution in [0.25, 0.3) is 0 Å². The minimum absolute atomic E-state index is 0.0724. The molecule has 2 aromatic carbocycles. The lowest BCUT2D eigenvalue weighted by molar-refractivity contribution is -0.141. The Balaban J connectivity index is 2.26. The number of carbonyl (C=O) groups excluding carboxylic acids is 2. The van der Waals surface area contributed by atoms with E-state index in [4.69, 9.17) is 11.6 Å². The molecule has 2 amide bonds. The molecular formula is C23H29ClN2O2. The Morgan fingerprint density at radius 2 is 1.68 bits per heavy atom. The molecule has 0 heterocycles. The van der Waals surface area contributed by atoms with Gasteiger partial charge in [0.05, 0.1) is 6.42 Å².